The highest BCUT2D eigenvalue weighted by atomic mass is 35.5. The molecule has 2 aliphatic rings. The monoisotopic (exact) mass is 340 g/mol. The summed E-state index contributed by atoms with van der Waals surface area (Å²) >= 11 is 11.9. The van der Waals surface area contributed by atoms with E-state index in [4.69, 9.17) is 23.2 Å². The maximum absolute atomic E-state index is 12.5. The van der Waals surface area contributed by atoms with Crippen LogP contribution >= 0.6 is 23.2 Å². The molecule has 1 heterocycles. The van der Waals surface area contributed by atoms with E-state index >= 15 is 0 Å². The smallest absolute Gasteiger partial charge is 0.251 e. The first-order valence-corrected chi connectivity index (χ1v) is 8.74. The van der Waals surface area contributed by atoms with Gasteiger partial charge in [0.2, 0.25) is 0 Å². The van der Waals surface area contributed by atoms with Crippen LogP contribution in [0.3, 0.4) is 0 Å². The molecule has 1 aromatic carbocycles. The van der Waals surface area contributed by atoms with Gasteiger partial charge in [0, 0.05) is 18.2 Å². The summed E-state index contributed by atoms with van der Waals surface area (Å²) in [5, 5.41) is 4.14. The first kappa shape index (κ1) is 16.1. The van der Waals surface area contributed by atoms with Crippen molar-refractivity contribution in [3.8, 4) is 0 Å². The molecular weight excluding hydrogens is 319 g/mol. The van der Waals surface area contributed by atoms with E-state index in [2.05, 4.69) is 17.3 Å². The first-order valence-electron chi connectivity index (χ1n) is 7.99. The zero-order valence-corrected chi connectivity index (χ0v) is 14.3. The van der Waals surface area contributed by atoms with Crippen LogP contribution in [-0.4, -0.2) is 37.0 Å². The largest absolute Gasteiger partial charge is 0.349 e. The van der Waals surface area contributed by atoms with E-state index in [-0.39, 0.29) is 11.9 Å². The summed E-state index contributed by atoms with van der Waals surface area (Å²) in [4.78, 5) is 14.9. The number of nitrogens with zero attached hydrogens (tertiary/aromatic N) is 1. The number of rotatable bonds is 2. The second-order valence-electron chi connectivity index (χ2n) is 6.61. The predicted octanol–water partition coefficient (Wildman–Crippen LogP) is 3.84. The van der Waals surface area contributed by atoms with E-state index in [9.17, 15) is 4.79 Å². The van der Waals surface area contributed by atoms with Crippen molar-refractivity contribution >= 4 is 29.1 Å². The summed E-state index contributed by atoms with van der Waals surface area (Å²) < 4.78 is 0. The molecule has 1 amide bonds. The molecule has 1 aromatic rings. The maximum Gasteiger partial charge on any atom is 0.251 e. The van der Waals surface area contributed by atoms with Crippen molar-refractivity contribution in [1.29, 1.82) is 0 Å². The maximum atomic E-state index is 12.5. The van der Waals surface area contributed by atoms with Gasteiger partial charge in [0.25, 0.3) is 5.91 Å². The Morgan fingerprint density at radius 1 is 1.23 bits per heavy atom. The van der Waals surface area contributed by atoms with E-state index in [0.29, 0.717) is 21.5 Å². The van der Waals surface area contributed by atoms with E-state index in [1.54, 1.807) is 18.2 Å². The van der Waals surface area contributed by atoms with Crippen molar-refractivity contribution in [2.75, 3.05) is 20.1 Å². The summed E-state index contributed by atoms with van der Waals surface area (Å²) in [6.45, 7) is 2.26. The quantitative estimate of drug-likeness (QED) is 0.886. The van der Waals surface area contributed by atoms with Gasteiger partial charge in [-0.2, -0.15) is 0 Å². The Morgan fingerprint density at radius 3 is 2.82 bits per heavy atom. The molecule has 22 heavy (non-hydrogen) atoms. The van der Waals surface area contributed by atoms with Crippen LogP contribution in [0.5, 0.6) is 0 Å². The minimum Gasteiger partial charge on any atom is -0.349 e. The molecule has 1 saturated heterocycles. The van der Waals surface area contributed by atoms with Crippen LogP contribution < -0.4 is 5.32 Å². The van der Waals surface area contributed by atoms with Crippen molar-refractivity contribution in [1.82, 2.24) is 10.2 Å². The molecule has 1 aliphatic heterocycles. The van der Waals surface area contributed by atoms with E-state index in [0.717, 1.165) is 18.9 Å². The number of carbonyl (C=O) groups is 1. The van der Waals surface area contributed by atoms with Crippen LogP contribution in [0.1, 0.15) is 36.0 Å². The second kappa shape index (κ2) is 6.77. The highest BCUT2D eigenvalue weighted by Crippen LogP contribution is 2.36. The highest BCUT2D eigenvalue weighted by molar-refractivity contribution is 6.42. The molecule has 3 nitrogen and oxygen atoms in total. The topological polar surface area (TPSA) is 32.3 Å². The number of piperidine rings is 1. The Bertz CT molecular complexity index is 564. The van der Waals surface area contributed by atoms with Crippen LogP contribution in [0, 0.1) is 11.8 Å². The number of hydrogen-bond acceptors (Lipinski definition) is 2. The molecule has 120 valence electrons. The van der Waals surface area contributed by atoms with Crippen LogP contribution in [0.15, 0.2) is 18.2 Å². The zero-order valence-electron chi connectivity index (χ0n) is 12.8. The van der Waals surface area contributed by atoms with Crippen molar-refractivity contribution < 1.29 is 4.79 Å². The summed E-state index contributed by atoms with van der Waals surface area (Å²) in [6, 6.07) is 5.32. The van der Waals surface area contributed by atoms with Gasteiger partial charge in [0.15, 0.2) is 0 Å². The van der Waals surface area contributed by atoms with E-state index in [1.807, 2.05) is 0 Å². The first-order chi connectivity index (χ1) is 10.5. The molecule has 0 radical (unpaired) electrons. The fourth-order valence-corrected chi connectivity index (χ4v) is 4.20. The normalized spacial score (nSPS) is 29.0. The Morgan fingerprint density at radius 2 is 2.05 bits per heavy atom. The lowest BCUT2D eigenvalue weighted by atomic mass is 9.72. The number of amides is 1. The highest BCUT2D eigenvalue weighted by Gasteiger charge is 2.37. The molecule has 1 N–H and O–H groups in total. The molecule has 5 heteroatoms. The Balaban J connectivity index is 1.70. The van der Waals surface area contributed by atoms with Crippen LogP contribution in [-0.2, 0) is 0 Å². The lowest BCUT2D eigenvalue weighted by Gasteiger charge is -2.44. The average molecular weight is 341 g/mol. The SMILES string of the molecule is CN1CC[C@H]2CCCC(NC(=O)c3ccc(Cl)c(Cl)c3)[C@@H]2C1. The lowest BCUT2D eigenvalue weighted by molar-refractivity contribution is 0.0650. The summed E-state index contributed by atoms with van der Waals surface area (Å²) in [5.41, 5.74) is 0.584. The van der Waals surface area contributed by atoms with Crippen molar-refractivity contribution in [3.05, 3.63) is 33.8 Å². The van der Waals surface area contributed by atoms with Crippen molar-refractivity contribution in [2.24, 2.45) is 11.8 Å². The number of carbonyl (C=O) groups excluding carboxylic acids is 1. The number of hydrogen-bond donors (Lipinski definition) is 1. The fourth-order valence-electron chi connectivity index (χ4n) is 3.90. The number of nitrogens with one attached hydrogen (secondary N) is 1. The van der Waals surface area contributed by atoms with Gasteiger partial charge in [-0.1, -0.05) is 29.6 Å². The molecular formula is C17H22Cl2N2O. The summed E-state index contributed by atoms with van der Waals surface area (Å²) in [7, 11) is 2.17. The van der Waals surface area contributed by atoms with Crippen LogP contribution in [0.4, 0.5) is 0 Å². The minimum atomic E-state index is -0.0440. The fraction of sp³-hybridized carbons (Fsp3) is 0.588. The third-order valence-corrected chi connectivity index (χ3v) is 5.85. The zero-order chi connectivity index (χ0) is 15.7. The van der Waals surface area contributed by atoms with Gasteiger partial charge >= 0.3 is 0 Å². The van der Waals surface area contributed by atoms with E-state index < -0.39 is 0 Å². The third-order valence-electron chi connectivity index (χ3n) is 5.11. The number of fused-ring (bicyclic) bond motifs is 1. The number of halogens is 2. The molecule has 3 atom stereocenters. The van der Waals surface area contributed by atoms with Gasteiger partial charge in [-0.3, -0.25) is 4.79 Å². The Hall–Kier alpha value is -0.770. The summed E-state index contributed by atoms with van der Waals surface area (Å²) in [6.07, 6.45) is 4.83. The molecule has 1 unspecified atom stereocenters. The molecule has 0 spiro atoms. The molecule has 0 aromatic heterocycles. The molecule has 1 saturated carbocycles. The van der Waals surface area contributed by atoms with Gasteiger partial charge in [-0.05, 0) is 62.9 Å². The predicted molar refractivity (Wildman–Crippen MR) is 90.7 cm³/mol. The Labute approximate surface area is 142 Å². The number of benzene rings is 1. The van der Waals surface area contributed by atoms with Crippen LogP contribution in [0.25, 0.3) is 0 Å². The summed E-state index contributed by atoms with van der Waals surface area (Å²) in [5.74, 6) is 1.28. The second-order valence-corrected chi connectivity index (χ2v) is 7.43. The Kier molecular flexibility index (Phi) is 4.96. The lowest BCUT2D eigenvalue weighted by Crippen LogP contribution is -2.52. The van der Waals surface area contributed by atoms with Gasteiger partial charge in [0.1, 0.15) is 0 Å². The van der Waals surface area contributed by atoms with Crippen LogP contribution in [0.2, 0.25) is 10.0 Å². The third kappa shape index (κ3) is 3.42. The van der Waals surface area contributed by atoms with Gasteiger partial charge in [-0.15, -0.1) is 0 Å². The molecule has 2 fully saturated rings. The number of likely N-dealkylation sites (tertiary alicyclic amines) is 1. The van der Waals surface area contributed by atoms with Crippen molar-refractivity contribution in [3.63, 3.8) is 0 Å². The molecule has 0 bridgehead atoms. The van der Waals surface area contributed by atoms with Crippen molar-refractivity contribution in [2.45, 2.75) is 31.7 Å². The standard InChI is InChI=1S/C17H22Cl2N2O/c1-21-8-7-11-3-2-4-16(13(11)10-21)20-17(22)12-5-6-14(18)15(19)9-12/h5-6,9,11,13,16H,2-4,7-8,10H2,1H3,(H,20,22)/t11-,13-,16?/m1/s1. The molecule has 1 aliphatic carbocycles. The van der Waals surface area contributed by atoms with E-state index in [1.165, 1.54) is 25.8 Å². The van der Waals surface area contributed by atoms with Gasteiger partial charge < -0.3 is 10.2 Å². The minimum absolute atomic E-state index is 0.0440. The molecule has 3 rings (SSSR count). The van der Waals surface area contributed by atoms with Gasteiger partial charge in [0.05, 0.1) is 10.0 Å². The van der Waals surface area contributed by atoms with Gasteiger partial charge in [-0.25, -0.2) is 0 Å². The average Bonchev–Trinajstić information content (AvgIpc) is 2.50.